The number of nitrogens with zero attached hydrogens (tertiary/aromatic N) is 2. The van der Waals surface area contributed by atoms with Gasteiger partial charge >= 0.3 is 5.97 Å². The number of hydrogen-bond acceptors (Lipinski definition) is 13. The van der Waals surface area contributed by atoms with Crippen molar-refractivity contribution in [3.05, 3.63) is 62.2 Å². The summed E-state index contributed by atoms with van der Waals surface area (Å²) < 4.78 is 11.4. The molecule has 0 spiro atoms. The highest BCUT2D eigenvalue weighted by atomic mass is 32.2. The first-order valence-electron chi connectivity index (χ1n) is 14.1. The fourth-order valence-corrected chi connectivity index (χ4v) is 5.66. The number of carboxylic acid groups (broad SMARTS) is 1. The average molecular weight is 652 g/mol. The van der Waals surface area contributed by atoms with Gasteiger partial charge in [0, 0.05) is 36.3 Å². The van der Waals surface area contributed by atoms with E-state index in [-0.39, 0.29) is 48.4 Å². The van der Waals surface area contributed by atoms with Crippen LogP contribution >= 0.6 is 11.8 Å². The normalized spacial score (nSPS) is 22.0. The molecule has 1 amide bonds. The van der Waals surface area contributed by atoms with Crippen LogP contribution in [0.15, 0.2) is 36.4 Å². The first-order chi connectivity index (χ1) is 21.3. The van der Waals surface area contributed by atoms with E-state index in [0.29, 0.717) is 6.42 Å². The smallest absolute Gasteiger partial charge is 0.364 e. The van der Waals surface area contributed by atoms with Crippen molar-refractivity contribution in [2.24, 2.45) is 0 Å². The van der Waals surface area contributed by atoms with E-state index in [1.54, 1.807) is 11.8 Å². The van der Waals surface area contributed by atoms with Gasteiger partial charge in [-0.05, 0) is 55.7 Å². The fraction of sp³-hybridized carbons (Fsp3) is 0.500. The average Bonchev–Trinajstić information content (AvgIpc) is 3.00. The van der Waals surface area contributed by atoms with Gasteiger partial charge in [0.15, 0.2) is 0 Å². The zero-order valence-corrected chi connectivity index (χ0v) is 25.5. The maximum Gasteiger partial charge on any atom is 0.364 e. The van der Waals surface area contributed by atoms with E-state index in [1.165, 1.54) is 31.3 Å². The number of carboxylic acids is 1. The number of carbonyl (C=O) groups is 2. The summed E-state index contributed by atoms with van der Waals surface area (Å²) in [4.78, 5) is 47.0. The number of likely N-dealkylation sites (N-methyl/N-ethyl adjacent to an activating group) is 1. The molecule has 1 aliphatic rings. The van der Waals surface area contributed by atoms with E-state index >= 15 is 0 Å². The van der Waals surface area contributed by atoms with Crippen molar-refractivity contribution >= 4 is 40.7 Å². The van der Waals surface area contributed by atoms with Gasteiger partial charge in [0.1, 0.15) is 6.10 Å². The van der Waals surface area contributed by atoms with E-state index in [9.17, 15) is 45.1 Å². The molecule has 0 aromatic heterocycles. The molecule has 0 aliphatic carbocycles. The largest absolute Gasteiger partial charge is 0.477 e. The molecule has 3 unspecified atom stereocenters. The Hall–Kier alpha value is -3.87. The third-order valence-electron chi connectivity index (χ3n) is 7.27. The minimum Gasteiger partial charge on any atom is -0.477 e. The van der Waals surface area contributed by atoms with Gasteiger partial charge in [-0.1, -0.05) is 6.92 Å². The van der Waals surface area contributed by atoms with Crippen LogP contribution in [0.4, 0.5) is 17.1 Å². The van der Waals surface area contributed by atoms with E-state index in [2.05, 4.69) is 10.6 Å². The molecule has 3 rings (SSSR count). The Balaban J connectivity index is 1.72. The summed E-state index contributed by atoms with van der Waals surface area (Å²) in [6.45, 7) is 1.90. The van der Waals surface area contributed by atoms with Crippen LogP contribution < -0.4 is 16.4 Å². The van der Waals surface area contributed by atoms with Crippen LogP contribution in [0.5, 0.6) is 0 Å². The number of thioether (sulfide) groups is 1. The van der Waals surface area contributed by atoms with Crippen molar-refractivity contribution < 1.29 is 44.2 Å². The topological polar surface area (TPSA) is 250 Å². The molecule has 1 heterocycles. The Labute approximate surface area is 262 Å². The zero-order valence-electron chi connectivity index (χ0n) is 24.7. The number of hydrogen-bond donors (Lipinski definition) is 6. The van der Waals surface area contributed by atoms with Crippen molar-refractivity contribution in [2.45, 2.75) is 56.3 Å². The number of nitro groups is 2. The monoisotopic (exact) mass is 651 g/mol. The second kappa shape index (κ2) is 15.9. The molecular formula is C28H37N5O11S. The molecule has 1 saturated heterocycles. The number of carbonyl (C=O) groups excluding carboxylic acids is 1. The van der Waals surface area contributed by atoms with E-state index < -0.39 is 63.2 Å². The van der Waals surface area contributed by atoms with Gasteiger partial charge < -0.3 is 41.2 Å². The highest BCUT2D eigenvalue weighted by Crippen LogP contribution is 2.38. The lowest BCUT2D eigenvalue weighted by Crippen LogP contribution is -2.65. The molecule has 5 atom stereocenters. The number of nitrogen functional groups attached to an aromatic ring is 1. The van der Waals surface area contributed by atoms with Crippen LogP contribution in [0.1, 0.15) is 36.5 Å². The number of aliphatic hydroxyl groups is 2. The van der Waals surface area contributed by atoms with E-state index in [0.717, 1.165) is 23.6 Å². The third kappa shape index (κ3) is 8.65. The summed E-state index contributed by atoms with van der Waals surface area (Å²) in [5.41, 5.74) is 4.50. The first kappa shape index (κ1) is 35.6. The number of aliphatic carboxylic acids is 1. The van der Waals surface area contributed by atoms with Crippen LogP contribution in [-0.2, 0) is 14.3 Å². The minimum atomic E-state index is -2.18. The summed E-state index contributed by atoms with van der Waals surface area (Å²) in [5.74, 6) is -2.72. The molecule has 1 aliphatic heterocycles. The number of ether oxygens (including phenoxy) is 2. The molecule has 1 fully saturated rings. The Kier molecular flexibility index (Phi) is 12.6. The predicted molar refractivity (Wildman–Crippen MR) is 165 cm³/mol. The van der Waals surface area contributed by atoms with Gasteiger partial charge in [-0.25, -0.2) is 4.79 Å². The highest BCUT2D eigenvalue weighted by Gasteiger charge is 2.54. The molecule has 246 valence electrons. The molecule has 7 N–H and O–H groups in total. The van der Waals surface area contributed by atoms with Crippen LogP contribution in [0.2, 0.25) is 0 Å². The number of rotatable bonds is 16. The maximum absolute atomic E-state index is 12.9. The number of aliphatic hydroxyl groups excluding tert-OH is 2. The fourth-order valence-electron chi connectivity index (χ4n) is 5.05. The maximum atomic E-state index is 12.9. The summed E-state index contributed by atoms with van der Waals surface area (Å²) >= 11 is 1.66. The standard InChI is InChI=1S/C28H37N5O11S/c1-3-45-12-4-11-43-28(27(37)38)15-23(35)24(30-2)25(44-28)22(34)9-10-31-26(36)16-5-7-18(20(13-16)32(39)40)19-8-6-17(29)14-21(19)33(41)42/h5-8,13-14,22-25,30,34-35H,3-4,9-12,15,29H2,1-2H3,(H,31,36)(H,37,38)/t22?,23?,24-,25?,28-/m1/s1. The molecule has 45 heavy (non-hydrogen) atoms. The first-order valence-corrected chi connectivity index (χ1v) is 15.3. The number of anilines is 1. The van der Waals surface area contributed by atoms with Crippen molar-refractivity contribution in [1.82, 2.24) is 10.6 Å². The van der Waals surface area contributed by atoms with Gasteiger partial charge in [0.2, 0.25) is 0 Å². The summed E-state index contributed by atoms with van der Waals surface area (Å²) in [5, 5.41) is 60.4. The second-order valence-corrected chi connectivity index (χ2v) is 11.7. The van der Waals surface area contributed by atoms with E-state index in [4.69, 9.17) is 15.2 Å². The predicted octanol–water partition coefficient (Wildman–Crippen LogP) is 1.91. The SMILES string of the molecule is CCSCCCO[C@]1(C(=O)O)CC(O)[C@@H](NC)C(C(O)CCNC(=O)c2ccc(-c3ccc(N)cc3[N+](=O)[O-])c([N+](=O)[O-])c2)O1. The second-order valence-electron chi connectivity index (χ2n) is 10.3. The third-order valence-corrected chi connectivity index (χ3v) is 8.26. The molecule has 16 nitrogen and oxygen atoms in total. The summed E-state index contributed by atoms with van der Waals surface area (Å²) in [7, 11) is 1.52. The molecule has 0 bridgehead atoms. The number of nitrogens with one attached hydrogen (secondary N) is 2. The Morgan fingerprint density at radius 3 is 2.42 bits per heavy atom. The Morgan fingerprint density at radius 2 is 1.82 bits per heavy atom. The van der Waals surface area contributed by atoms with E-state index in [1.807, 2.05) is 6.92 Å². The molecule has 0 saturated carbocycles. The lowest BCUT2D eigenvalue weighted by atomic mass is 9.89. The number of nitrogens with two attached hydrogens (primary N) is 1. The summed E-state index contributed by atoms with van der Waals surface area (Å²) in [6.07, 6.45) is -3.79. The van der Waals surface area contributed by atoms with Crippen molar-refractivity contribution in [2.75, 3.05) is 37.4 Å². The van der Waals surface area contributed by atoms with Gasteiger partial charge in [0.05, 0.1) is 45.8 Å². The van der Waals surface area contributed by atoms with Gasteiger partial charge in [-0.3, -0.25) is 25.0 Å². The lowest BCUT2D eigenvalue weighted by Gasteiger charge is -2.46. The van der Waals surface area contributed by atoms with Gasteiger partial charge in [-0.15, -0.1) is 0 Å². The quantitative estimate of drug-likeness (QED) is 0.0657. The number of amides is 1. The van der Waals surface area contributed by atoms with Gasteiger partial charge in [0.25, 0.3) is 23.1 Å². The van der Waals surface area contributed by atoms with Crippen LogP contribution in [0, 0.1) is 20.2 Å². The van der Waals surface area contributed by atoms with Crippen molar-refractivity contribution in [3.63, 3.8) is 0 Å². The van der Waals surface area contributed by atoms with Crippen LogP contribution in [0.3, 0.4) is 0 Å². The zero-order chi connectivity index (χ0) is 33.3. The van der Waals surface area contributed by atoms with Crippen LogP contribution in [-0.4, -0.2) is 98.9 Å². The van der Waals surface area contributed by atoms with Gasteiger partial charge in [-0.2, -0.15) is 11.8 Å². The van der Waals surface area contributed by atoms with Crippen LogP contribution in [0.25, 0.3) is 11.1 Å². The molecule has 17 heteroatoms. The molecular weight excluding hydrogens is 614 g/mol. The number of benzene rings is 2. The molecule has 0 radical (unpaired) electrons. The van der Waals surface area contributed by atoms with Crippen molar-refractivity contribution in [1.29, 1.82) is 0 Å². The minimum absolute atomic E-state index is 0.0500. The highest BCUT2D eigenvalue weighted by molar-refractivity contribution is 7.99. The Bertz CT molecular complexity index is 1400. The lowest BCUT2D eigenvalue weighted by molar-refractivity contribution is -0.386. The summed E-state index contributed by atoms with van der Waals surface area (Å²) in [6, 6.07) is 6.36. The molecule has 2 aromatic rings. The molecule has 2 aromatic carbocycles. The van der Waals surface area contributed by atoms with Crippen molar-refractivity contribution in [3.8, 4) is 11.1 Å². The Morgan fingerprint density at radius 1 is 1.18 bits per heavy atom. The number of nitro benzene ring substituents is 2.